The van der Waals surface area contributed by atoms with Crippen molar-refractivity contribution in [2.45, 2.75) is 19.4 Å². The Kier molecular flexibility index (Phi) is 5.49. The van der Waals surface area contributed by atoms with E-state index < -0.39 is 5.97 Å². The molecule has 0 saturated carbocycles. The molecule has 3 rings (SSSR count). The van der Waals surface area contributed by atoms with Crippen LogP contribution in [-0.2, 0) is 16.1 Å². The summed E-state index contributed by atoms with van der Waals surface area (Å²) in [5, 5.41) is 8.85. The first kappa shape index (κ1) is 17.5. The Morgan fingerprint density at radius 1 is 1.04 bits per heavy atom. The van der Waals surface area contributed by atoms with Crippen molar-refractivity contribution in [3.8, 4) is 17.6 Å². The number of rotatable bonds is 6. The van der Waals surface area contributed by atoms with Crippen molar-refractivity contribution in [2.75, 3.05) is 13.2 Å². The molecule has 0 bridgehead atoms. The number of esters is 1. The number of benzene rings is 2. The van der Waals surface area contributed by atoms with Crippen LogP contribution in [0.2, 0.25) is 0 Å². The Bertz CT molecular complexity index is 869. The zero-order chi connectivity index (χ0) is 18.4. The van der Waals surface area contributed by atoms with Gasteiger partial charge in [0.25, 0.3) is 0 Å². The van der Waals surface area contributed by atoms with Crippen molar-refractivity contribution in [1.29, 1.82) is 5.26 Å². The molecule has 0 radical (unpaired) electrons. The number of nitriles is 1. The lowest BCUT2D eigenvalue weighted by Gasteiger charge is -2.18. The van der Waals surface area contributed by atoms with Crippen LogP contribution in [-0.4, -0.2) is 25.0 Å². The normalized spacial score (nSPS) is 12.1. The summed E-state index contributed by atoms with van der Waals surface area (Å²) in [7, 11) is 0. The molecule has 0 fully saturated rings. The van der Waals surface area contributed by atoms with Crippen LogP contribution >= 0.6 is 0 Å². The van der Waals surface area contributed by atoms with Crippen LogP contribution in [0.3, 0.4) is 0 Å². The number of carbonyl (C=O) groups excluding carboxylic acids is 2. The Labute approximate surface area is 150 Å². The van der Waals surface area contributed by atoms with Crippen LogP contribution in [0.1, 0.15) is 34.3 Å². The minimum atomic E-state index is -0.460. The molecule has 0 aromatic heterocycles. The average molecular weight is 351 g/mol. The summed E-state index contributed by atoms with van der Waals surface area (Å²) in [5.74, 6) is 0.539. The van der Waals surface area contributed by atoms with Crippen LogP contribution < -0.4 is 9.47 Å². The molecule has 0 spiro atoms. The van der Waals surface area contributed by atoms with E-state index >= 15 is 0 Å². The second-order valence-electron chi connectivity index (χ2n) is 5.75. The van der Waals surface area contributed by atoms with E-state index in [2.05, 4.69) is 0 Å². The number of fused-ring (bicyclic) bond motifs is 1. The second-order valence-corrected chi connectivity index (χ2v) is 5.75. The average Bonchev–Trinajstić information content (AvgIpc) is 2.70. The molecule has 6 nitrogen and oxygen atoms in total. The van der Waals surface area contributed by atoms with Crippen LogP contribution in [0.5, 0.6) is 11.5 Å². The lowest BCUT2D eigenvalue weighted by molar-refractivity contribution is -0.144. The van der Waals surface area contributed by atoms with E-state index in [1.54, 1.807) is 42.5 Å². The molecule has 0 saturated heterocycles. The predicted octanol–water partition coefficient (Wildman–Crippen LogP) is 3.04. The van der Waals surface area contributed by atoms with Gasteiger partial charge in [-0.25, -0.2) is 0 Å². The third-order valence-corrected chi connectivity index (χ3v) is 3.88. The third-order valence-electron chi connectivity index (χ3n) is 3.88. The van der Waals surface area contributed by atoms with Crippen LogP contribution in [0.4, 0.5) is 0 Å². The highest BCUT2D eigenvalue weighted by molar-refractivity contribution is 5.98. The first-order valence-electron chi connectivity index (χ1n) is 8.23. The van der Waals surface area contributed by atoms with Gasteiger partial charge in [0, 0.05) is 12.0 Å². The van der Waals surface area contributed by atoms with E-state index in [-0.39, 0.29) is 25.2 Å². The molecule has 2 aromatic rings. The molecule has 6 heteroatoms. The summed E-state index contributed by atoms with van der Waals surface area (Å²) in [6, 6.07) is 13.9. The van der Waals surface area contributed by atoms with Crippen molar-refractivity contribution in [1.82, 2.24) is 0 Å². The van der Waals surface area contributed by atoms with E-state index in [1.165, 1.54) is 0 Å². The largest absolute Gasteiger partial charge is 0.486 e. The lowest BCUT2D eigenvalue weighted by atomic mass is 10.1. The maximum Gasteiger partial charge on any atom is 0.306 e. The molecule has 1 aliphatic heterocycles. The quantitative estimate of drug-likeness (QED) is 0.587. The number of hydrogen-bond acceptors (Lipinski definition) is 6. The third kappa shape index (κ3) is 4.39. The highest BCUT2D eigenvalue weighted by Gasteiger charge is 2.16. The summed E-state index contributed by atoms with van der Waals surface area (Å²) in [5.41, 5.74) is 1.71. The number of nitrogens with zero attached hydrogens (tertiary/aromatic N) is 1. The molecule has 1 aliphatic rings. The van der Waals surface area contributed by atoms with E-state index in [9.17, 15) is 9.59 Å². The molecule has 132 valence electrons. The van der Waals surface area contributed by atoms with Gasteiger partial charge in [0.1, 0.15) is 19.8 Å². The number of ether oxygens (including phenoxy) is 3. The molecule has 0 N–H and O–H groups in total. The molecule has 1 heterocycles. The standard InChI is InChI=1S/C20H17NO5/c21-12-14-2-1-3-15(10-14)13-26-20(23)7-5-17(22)16-4-6-18-19(11-16)25-9-8-24-18/h1-4,6,10-11H,5,7-9,13H2. The van der Waals surface area contributed by atoms with E-state index in [0.717, 1.165) is 5.56 Å². The molecule has 0 unspecified atom stereocenters. The van der Waals surface area contributed by atoms with Crippen molar-refractivity contribution in [3.63, 3.8) is 0 Å². The molecular formula is C20H17NO5. The smallest absolute Gasteiger partial charge is 0.306 e. The Hall–Kier alpha value is -3.33. The number of Topliss-reactive ketones (excluding diaryl/α,β-unsaturated/α-hetero) is 1. The SMILES string of the molecule is N#Cc1cccc(COC(=O)CCC(=O)c2ccc3c(c2)OCCO3)c1. The van der Waals surface area contributed by atoms with Gasteiger partial charge in [0.05, 0.1) is 18.1 Å². The molecule has 26 heavy (non-hydrogen) atoms. The topological polar surface area (TPSA) is 85.6 Å². The van der Waals surface area contributed by atoms with E-state index in [1.807, 2.05) is 6.07 Å². The fourth-order valence-corrected chi connectivity index (χ4v) is 2.54. The summed E-state index contributed by atoms with van der Waals surface area (Å²) < 4.78 is 16.0. The summed E-state index contributed by atoms with van der Waals surface area (Å²) in [6.45, 7) is 1.01. The molecular weight excluding hydrogens is 334 g/mol. The van der Waals surface area contributed by atoms with Gasteiger partial charge in [-0.1, -0.05) is 12.1 Å². The van der Waals surface area contributed by atoms with Crippen molar-refractivity contribution >= 4 is 11.8 Å². The fraction of sp³-hybridized carbons (Fsp3) is 0.250. The predicted molar refractivity (Wildman–Crippen MR) is 91.9 cm³/mol. The Morgan fingerprint density at radius 3 is 2.65 bits per heavy atom. The minimum absolute atomic E-state index is 0.00871. The first-order chi connectivity index (χ1) is 12.7. The van der Waals surface area contributed by atoms with Crippen LogP contribution in [0.15, 0.2) is 42.5 Å². The van der Waals surface area contributed by atoms with Gasteiger partial charge in [0.2, 0.25) is 0 Å². The number of ketones is 1. The van der Waals surface area contributed by atoms with Crippen LogP contribution in [0, 0.1) is 11.3 Å². The van der Waals surface area contributed by atoms with Gasteiger partial charge in [0.15, 0.2) is 17.3 Å². The molecule has 0 amide bonds. The maximum absolute atomic E-state index is 12.3. The van der Waals surface area contributed by atoms with Gasteiger partial charge in [-0.2, -0.15) is 5.26 Å². The fourth-order valence-electron chi connectivity index (χ4n) is 2.54. The number of carbonyl (C=O) groups is 2. The number of hydrogen-bond donors (Lipinski definition) is 0. The highest BCUT2D eigenvalue weighted by Crippen LogP contribution is 2.31. The van der Waals surface area contributed by atoms with Crippen molar-refractivity contribution < 1.29 is 23.8 Å². The van der Waals surface area contributed by atoms with Gasteiger partial charge >= 0.3 is 5.97 Å². The molecule has 0 atom stereocenters. The summed E-state index contributed by atoms with van der Waals surface area (Å²) in [6.07, 6.45) is 0.0436. The summed E-state index contributed by atoms with van der Waals surface area (Å²) >= 11 is 0. The molecule has 2 aromatic carbocycles. The Balaban J connectivity index is 1.49. The van der Waals surface area contributed by atoms with Gasteiger partial charge < -0.3 is 14.2 Å². The maximum atomic E-state index is 12.3. The minimum Gasteiger partial charge on any atom is -0.486 e. The van der Waals surface area contributed by atoms with Crippen molar-refractivity contribution in [3.05, 3.63) is 59.2 Å². The molecule has 0 aliphatic carbocycles. The summed E-state index contributed by atoms with van der Waals surface area (Å²) in [4.78, 5) is 24.1. The second kappa shape index (κ2) is 8.17. The lowest BCUT2D eigenvalue weighted by Crippen LogP contribution is -2.16. The van der Waals surface area contributed by atoms with Crippen LogP contribution in [0.25, 0.3) is 0 Å². The highest BCUT2D eigenvalue weighted by atomic mass is 16.6. The van der Waals surface area contributed by atoms with E-state index in [0.29, 0.717) is 35.8 Å². The van der Waals surface area contributed by atoms with Gasteiger partial charge in [-0.3, -0.25) is 9.59 Å². The van der Waals surface area contributed by atoms with Gasteiger partial charge in [-0.05, 0) is 35.9 Å². The zero-order valence-corrected chi connectivity index (χ0v) is 14.1. The van der Waals surface area contributed by atoms with Gasteiger partial charge in [-0.15, -0.1) is 0 Å². The van der Waals surface area contributed by atoms with E-state index in [4.69, 9.17) is 19.5 Å². The van der Waals surface area contributed by atoms with Crippen molar-refractivity contribution in [2.24, 2.45) is 0 Å². The Morgan fingerprint density at radius 2 is 1.85 bits per heavy atom. The first-order valence-corrected chi connectivity index (χ1v) is 8.23. The zero-order valence-electron chi connectivity index (χ0n) is 14.1. The monoisotopic (exact) mass is 351 g/mol.